The van der Waals surface area contributed by atoms with Crippen LogP contribution in [0.1, 0.15) is 29.7 Å². The molecule has 0 radical (unpaired) electrons. The highest BCUT2D eigenvalue weighted by Gasteiger charge is 2.14. The molecule has 2 nitrogen and oxygen atoms in total. The van der Waals surface area contributed by atoms with Crippen LogP contribution in [0.3, 0.4) is 0 Å². The van der Waals surface area contributed by atoms with Gasteiger partial charge in [0.25, 0.3) is 0 Å². The third-order valence-corrected chi connectivity index (χ3v) is 4.63. The smallest absolute Gasteiger partial charge is 0.0419 e. The molecule has 0 unspecified atom stereocenters. The zero-order valence-electron chi connectivity index (χ0n) is 11.6. The summed E-state index contributed by atoms with van der Waals surface area (Å²) in [6, 6.07) is 15.3. The van der Waals surface area contributed by atoms with Gasteiger partial charge in [-0.05, 0) is 36.1 Å². The van der Waals surface area contributed by atoms with E-state index in [4.69, 9.17) is 0 Å². The van der Waals surface area contributed by atoms with Crippen molar-refractivity contribution in [2.75, 3.05) is 11.9 Å². The molecule has 0 saturated carbocycles. The molecular weight excluding hydrogens is 312 g/mol. The number of nitrogens with one attached hydrogen (secondary N) is 2. The van der Waals surface area contributed by atoms with Crippen molar-refractivity contribution in [1.29, 1.82) is 0 Å². The monoisotopic (exact) mass is 330 g/mol. The van der Waals surface area contributed by atoms with E-state index < -0.39 is 0 Å². The summed E-state index contributed by atoms with van der Waals surface area (Å²) in [5.74, 6) is 0. The second-order valence-electron chi connectivity index (χ2n) is 5.25. The van der Waals surface area contributed by atoms with E-state index >= 15 is 0 Å². The van der Waals surface area contributed by atoms with Crippen LogP contribution in [0, 0.1) is 0 Å². The molecule has 1 heterocycles. The van der Waals surface area contributed by atoms with Gasteiger partial charge in [-0.15, -0.1) is 0 Å². The molecule has 2 aromatic rings. The lowest BCUT2D eigenvalue weighted by atomic mass is 10.1. The van der Waals surface area contributed by atoms with Crippen molar-refractivity contribution in [3.63, 3.8) is 0 Å². The van der Waals surface area contributed by atoms with E-state index in [9.17, 15) is 0 Å². The number of fused-ring (bicyclic) bond motifs is 1. The third kappa shape index (κ3) is 2.74. The van der Waals surface area contributed by atoms with Gasteiger partial charge in [-0.3, -0.25) is 0 Å². The Bertz CT molecular complexity index is 610. The minimum atomic E-state index is 0.322. The van der Waals surface area contributed by atoms with Gasteiger partial charge >= 0.3 is 0 Å². The van der Waals surface area contributed by atoms with Crippen LogP contribution >= 0.6 is 15.9 Å². The molecule has 0 aromatic heterocycles. The molecule has 20 heavy (non-hydrogen) atoms. The van der Waals surface area contributed by atoms with Crippen molar-refractivity contribution in [3.05, 3.63) is 63.6 Å². The lowest BCUT2D eigenvalue weighted by molar-refractivity contribution is 0.573. The average molecular weight is 331 g/mol. The Labute approximate surface area is 128 Å². The maximum absolute atomic E-state index is 3.62. The Hall–Kier alpha value is -1.32. The van der Waals surface area contributed by atoms with Crippen LogP contribution in [0.4, 0.5) is 5.69 Å². The first-order valence-corrected chi connectivity index (χ1v) is 7.87. The van der Waals surface area contributed by atoms with E-state index in [1.54, 1.807) is 0 Å². The number of anilines is 1. The molecule has 0 saturated heterocycles. The SMILES string of the molecule is C[C@H](NCc1cccc2c1NCC2)c1ccccc1Br. The van der Waals surface area contributed by atoms with Gasteiger partial charge in [0.05, 0.1) is 0 Å². The van der Waals surface area contributed by atoms with Gasteiger partial charge in [-0.25, -0.2) is 0 Å². The minimum absolute atomic E-state index is 0.322. The van der Waals surface area contributed by atoms with Gasteiger partial charge in [0, 0.05) is 29.3 Å². The Morgan fingerprint density at radius 3 is 2.90 bits per heavy atom. The molecule has 2 aromatic carbocycles. The Balaban J connectivity index is 1.71. The summed E-state index contributed by atoms with van der Waals surface area (Å²) >= 11 is 3.62. The zero-order chi connectivity index (χ0) is 13.9. The highest BCUT2D eigenvalue weighted by atomic mass is 79.9. The normalized spacial score (nSPS) is 14.7. The molecule has 1 aliphatic heterocycles. The van der Waals surface area contributed by atoms with Crippen molar-refractivity contribution in [3.8, 4) is 0 Å². The van der Waals surface area contributed by atoms with Crippen molar-refractivity contribution < 1.29 is 0 Å². The van der Waals surface area contributed by atoms with Crippen LogP contribution in [-0.4, -0.2) is 6.54 Å². The molecule has 1 aliphatic rings. The number of hydrogen-bond donors (Lipinski definition) is 2. The molecule has 0 aliphatic carbocycles. The number of rotatable bonds is 4. The second-order valence-corrected chi connectivity index (χ2v) is 6.11. The predicted molar refractivity (Wildman–Crippen MR) is 88.0 cm³/mol. The summed E-state index contributed by atoms with van der Waals surface area (Å²) < 4.78 is 1.16. The summed E-state index contributed by atoms with van der Waals surface area (Å²) in [6.45, 7) is 4.15. The van der Waals surface area contributed by atoms with Gasteiger partial charge in [-0.1, -0.05) is 52.3 Å². The lowest BCUT2D eigenvalue weighted by Gasteiger charge is -2.17. The van der Waals surface area contributed by atoms with Crippen molar-refractivity contribution >= 4 is 21.6 Å². The van der Waals surface area contributed by atoms with Crippen LogP contribution < -0.4 is 10.6 Å². The number of hydrogen-bond acceptors (Lipinski definition) is 2. The van der Waals surface area contributed by atoms with Gasteiger partial charge < -0.3 is 10.6 Å². The first-order valence-electron chi connectivity index (χ1n) is 7.08. The lowest BCUT2D eigenvalue weighted by Crippen LogP contribution is -2.19. The number of halogens is 1. The molecule has 1 atom stereocenters. The summed E-state index contributed by atoms with van der Waals surface area (Å²) in [5.41, 5.74) is 5.43. The molecule has 0 bridgehead atoms. The quantitative estimate of drug-likeness (QED) is 0.874. The Morgan fingerprint density at radius 2 is 2.05 bits per heavy atom. The largest absolute Gasteiger partial charge is 0.384 e. The third-order valence-electron chi connectivity index (χ3n) is 3.90. The van der Waals surface area contributed by atoms with Crippen molar-refractivity contribution in [2.24, 2.45) is 0 Å². The average Bonchev–Trinajstić information content (AvgIpc) is 2.94. The molecule has 3 rings (SSSR count). The fraction of sp³-hybridized carbons (Fsp3) is 0.294. The highest BCUT2D eigenvalue weighted by molar-refractivity contribution is 9.10. The van der Waals surface area contributed by atoms with Gasteiger partial charge in [0.15, 0.2) is 0 Å². The van der Waals surface area contributed by atoms with Gasteiger partial charge in [0.1, 0.15) is 0 Å². The second kappa shape index (κ2) is 5.98. The fourth-order valence-electron chi connectivity index (χ4n) is 2.76. The molecule has 3 heteroatoms. The molecule has 0 spiro atoms. The van der Waals surface area contributed by atoms with E-state index in [2.05, 4.69) is 69.9 Å². The van der Waals surface area contributed by atoms with Crippen LogP contribution in [-0.2, 0) is 13.0 Å². The molecule has 0 fully saturated rings. The molecule has 2 N–H and O–H groups in total. The first kappa shape index (κ1) is 13.7. The maximum atomic E-state index is 3.62. The first-order chi connectivity index (χ1) is 9.75. The summed E-state index contributed by atoms with van der Waals surface area (Å²) in [7, 11) is 0. The summed E-state index contributed by atoms with van der Waals surface area (Å²) in [6.07, 6.45) is 1.14. The topological polar surface area (TPSA) is 24.1 Å². The highest BCUT2D eigenvalue weighted by Crippen LogP contribution is 2.27. The van der Waals surface area contributed by atoms with Crippen molar-refractivity contribution in [2.45, 2.75) is 25.9 Å². The van der Waals surface area contributed by atoms with Crippen LogP contribution in [0.2, 0.25) is 0 Å². The van der Waals surface area contributed by atoms with E-state index in [0.717, 1.165) is 24.0 Å². The molecule has 104 valence electrons. The van der Waals surface area contributed by atoms with Gasteiger partial charge in [-0.2, -0.15) is 0 Å². The minimum Gasteiger partial charge on any atom is -0.384 e. The maximum Gasteiger partial charge on any atom is 0.0419 e. The van der Waals surface area contributed by atoms with Crippen molar-refractivity contribution in [1.82, 2.24) is 5.32 Å². The zero-order valence-corrected chi connectivity index (χ0v) is 13.2. The molecule has 0 amide bonds. The number of benzene rings is 2. The van der Waals surface area contributed by atoms with Gasteiger partial charge in [0.2, 0.25) is 0 Å². The fourth-order valence-corrected chi connectivity index (χ4v) is 3.39. The predicted octanol–water partition coefficient (Wildman–Crippen LogP) is 4.27. The standard InChI is InChI=1S/C17H19BrN2/c1-12(15-7-2-3-8-16(15)18)20-11-14-6-4-5-13-9-10-19-17(13)14/h2-8,12,19-20H,9-11H2,1H3/t12-/m0/s1. The van der Waals surface area contributed by atoms with E-state index in [-0.39, 0.29) is 0 Å². The Morgan fingerprint density at radius 1 is 1.20 bits per heavy atom. The number of para-hydroxylation sites is 1. The summed E-state index contributed by atoms with van der Waals surface area (Å²) in [5, 5.41) is 7.11. The van der Waals surface area contributed by atoms with Crippen LogP contribution in [0.25, 0.3) is 0 Å². The molecular formula is C17H19BrN2. The Kier molecular flexibility index (Phi) is 4.08. The van der Waals surface area contributed by atoms with E-state index in [0.29, 0.717) is 6.04 Å². The summed E-state index contributed by atoms with van der Waals surface area (Å²) in [4.78, 5) is 0. The van der Waals surface area contributed by atoms with E-state index in [1.807, 2.05) is 6.07 Å². The van der Waals surface area contributed by atoms with Crippen LogP contribution in [0.15, 0.2) is 46.9 Å². The van der Waals surface area contributed by atoms with Crippen LogP contribution in [0.5, 0.6) is 0 Å². The van der Waals surface area contributed by atoms with E-state index in [1.165, 1.54) is 22.4 Å².